The van der Waals surface area contributed by atoms with Crippen molar-refractivity contribution in [2.45, 2.75) is 12.5 Å². The van der Waals surface area contributed by atoms with Gasteiger partial charge in [-0.25, -0.2) is 17.6 Å². The number of aromatic nitrogens is 2. The van der Waals surface area contributed by atoms with Crippen molar-refractivity contribution >= 4 is 22.4 Å². The smallest absolute Gasteiger partial charge is 0.277 e. The zero-order valence-corrected chi connectivity index (χ0v) is 10.4. The predicted octanol–water partition coefficient (Wildman–Crippen LogP) is 2.70. The molecule has 108 valence electrons. The molecule has 4 nitrogen and oxygen atoms in total. The second-order valence-electron chi connectivity index (χ2n) is 3.76. The highest BCUT2D eigenvalue weighted by Crippen LogP contribution is 2.28. The molecule has 0 aromatic carbocycles. The number of aromatic amines is 1. The summed E-state index contributed by atoms with van der Waals surface area (Å²) < 4.78 is 55.8. The van der Waals surface area contributed by atoms with Crippen molar-refractivity contribution < 1.29 is 22.3 Å². The Balaban J connectivity index is 2.64. The molecule has 0 saturated carbocycles. The van der Waals surface area contributed by atoms with Crippen molar-refractivity contribution in [1.29, 1.82) is 0 Å². The van der Waals surface area contributed by atoms with Gasteiger partial charge < -0.3 is 9.72 Å². The Kier molecular flexibility index (Phi) is 4.12. The number of alkyl halides is 3. The highest BCUT2D eigenvalue weighted by molar-refractivity contribution is 6.30. The van der Waals surface area contributed by atoms with E-state index < -0.39 is 47.0 Å². The fourth-order valence-electron chi connectivity index (χ4n) is 1.56. The summed E-state index contributed by atoms with van der Waals surface area (Å²) in [5.41, 5.74) is -0.813. The van der Waals surface area contributed by atoms with Crippen molar-refractivity contribution in [2.75, 3.05) is 6.67 Å². The molecule has 2 rings (SSSR count). The molecule has 0 aliphatic carbocycles. The number of fused-ring (bicyclic) bond motifs is 1. The third-order valence-electron chi connectivity index (χ3n) is 2.49. The van der Waals surface area contributed by atoms with Gasteiger partial charge in [0.2, 0.25) is 5.88 Å². The number of halogens is 5. The molecule has 0 spiro atoms. The van der Waals surface area contributed by atoms with Gasteiger partial charge in [0.1, 0.15) is 12.1 Å². The molecular formula is C11H7ClF4N2O2. The van der Waals surface area contributed by atoms with Crippen LogP contribution in [0.4, 0.5) is 17.6 Å². The molecule has 0 aliphatic rings. The first-order valence-corrected chi connectivity index (χ1v) is 5.70. The number of pyridine rings is 2. The largest absolute Gasteiger partial charge is 0.465 e. The maximum absolute atomic E-state index is 13.7. The average Bonchev–Trinajstić information content (AvgIpc) is 2.40. The van der Waals surface area contributed by atoms with E-state index in [2.05, 4.69) is 14.7 Å². The number of hydrogen-bond donors (Lipinski definition) is 1. The Labute approximate surface area is 114 Å². The molecule has 1 atom stereocenters. The lowest BCUT2D eigenvalue weighted by Gasteiger charge is -2.15. The fourth-order valence-corrected chi connectivity index (χ4v) is 1.74. The average molecular weight is 311 g/mol. The van der Waals surface area contributed by atoms with E-state index >= 15 is 0 Å². The van der Waals surface area contributed by atoms with Gasteiger partial charge in [0.05, 0.1) is 0 Å². The van der Waals surface area contributed by atoms with E-state index in [0.29, 0.717) is 0 Å². The number of H-pyrrole nitrogens is 1. The minimum Gasteiger partial charge on any atom is -0.465 e. The van der Waals surface area contributed by atoms with Gasteiger partial charge in [0.25, 0.3) is 12.0 Å². The Morgan fingerprint density at radius 3 is 2.75 bits per heavy atom. The van der Waals surface area contributed by atoms with E-state index in [-0.39, 0.29) is 5.39 Å². The van der Waals surface area contributed by atoms with Gasteiger partial charge in [0, 0.05) is 11.6 Å². The van der Waals surface area contributed by atoms with Gasteiger partial charge in [-0.1, -0.05) is 11.6 Å². The first kappa shape index (κ1) is 14.6. The van der Waals surface area contributed by atoms with Crippen molar-refractivity contribution in [3.8, 4) is 5.88 Å². The zero-order chi connectivity index (χ0) is 14.9. The summed E-state index contributed by atoms with van der Waals surface area (Å²) in [6.45, 7) is -1.50. The third-order valence-corrected chi connectivity index (χ3v) is 2.74. The normalized spacial score (nSPS) is 12.9. The van der Waals surface area contributed by atoms with Crippen LogP contribution in [0.2, 0.25) is 5.15 Å². The van der Waals surface area contributed by atoms with Crippen LogP contribution in [0.3, 0.4) is 0 Å². The second-order valence-corrected chi connectivity index (χ2v) is 4.12. The van der Waals surface area contributed by atoms with E-state index in [9.17, 15) is 22.4 Å². The SMILES string of the molecule is O=c1[nH]ccc2c(F)c(Cl)nc(OC(CF)C(F)F)c12. The lowest BCUT2D eigenvalue weighted by atomic mass is 10.2. The van der Waals surface area contributed by atoms with Gasteiger partial charge in [-0.05, 0) is 6.07 Å². The van der Waals surface area contributed by atoms with Crippen molar-refractivity contribution in [2.24, 2.45) is 0 Å². The predicted molar refractivity (Wildman–Crippen MR) is 63.7 cm³/mol. The van der Waals surface area contributed by atoms with Crippen LogP contribution in [0.25, 0.3) is 10.8 Å². The number of nitrogens with one attached hydrogen (secondary N) is 1. The van der Waals surface area contributed by atoms with E-state index in [1.165, 1.54) is 6.07 Å². The molecule has 9 heteroatoms. The Hall–Kier alpha value is -1.83. The van der Waals surface area contributed by atoms with E-state index in [4.69, 9.17) is 11.6 Å². The highest BCUT2D eigenvalue weighted by atomic mass is 35.5. The summed E-state index contributed by atoms with van der Waals surface area (Å²) in [7, 11) is 0. The molecule has 2 heterocycles. The summed E-state index contributed by atoms with van der Waals surface area (Å²) >= 11 is 5.49. The summed E-state index contributed by atoms with van der Waals surface area (Å²) in [6.07, 6.45) is -4.11. The quantitative estimate of drug-likeness (QED) is 0.698. The highest BCUT2D eigenvalue weighted by Gasteiger charge is 2.25. The summed E-state index contributed by atoms with van der Waals surface area (Å²) in [4.78, 5) is 17.2. The van der Waals surface area contributed by atoms with E-state index in [1.54, 1.807) is 0 Å². The zero-order valence-electron chi connectivity index (χ0n) is 9.67. The van der Waals surface area contributed by atoms with Gasteiger partial charge in [-0.15, -0.1) is 0 Å². The lowest BCUT2D eigenvalue weighted by molar-refractivity contribution is -0.00268. The Bertz CT molecular complexity index is 692. The summed E-state index contributed by atoms with van der Waals surface area (Å²) in [6, 6.07) is 1.17. The summed E-state index contributed by atoms with van der Waals surface area (Å²) in [5.74, 6) is -1.63. The van der Waals surface area contributed by atoms with E-state index in [0.717, 1.165) is 6.20 Å². The van der Waals surface area contributed by atoms with Gasteiger partial charge in [0.15, 0.2) is 17.1 Å². The van der Waals surface area contributed by atoms with Crippen LogP contribution in [-0.4, -0.2) is 29.2 Å². The topological polar surface area (TPSA) is 55.0 Å². The second kappa shape index (κ2) is 5.66. The monoisotopic (exact) mass is 310 g/mol. The first-order chi connectivity index (χ1) is 9.45. The number of rotatable bonds is 4. The molecule has 0 fully saturated rings. The van der Waals surface area contributed by atoms with Crippen molar-refractivity contribution in [1.82, 2.24) is 9.97 Å². The van der Waals surface area contributed by atoms with Crippen LogP contribution in [0.1, 0.15) is 0 Å². The fraction of sp³-hybridized carbons (Fsp3) is 0.273. The molecule has 0 amide bonds. The molecule has 2 aromatic rings. The molecule has 0 radical (unpaired) electrons. The Morgan fingerprint density at radius 2 is 2.15 bits per heavy atom. The lowest BCUT2D eigenvalue weighted by Crippen LogP contribution is -2.28. The van der Waals surface area contributed by atoms with Crippen molar-refractivity contribution in [3.63, 3.8) is 0 Å². The number of ether oxygens (including phenoxy) is 1. The Morgan fingerprint density at radius 1 is 1.45 bits per heavy atom. The molecule has 20 heavy (non-hydrogen) atoms. The van der Waals surface area contributed by atoms with Gasteiger partial charge in [-0.3, -0.25) is 4.79 Å². The molecule has 0 saturated heterocycles. The standard InChI is InChI=1S/C11H7ClF4N2O2/c12-8-7(14)4-1-2-17-10(19)6(4)11(18-8)20-5(3-13)9(15)16/h1-2,5,9H,3H2,(H,17,19). The van der Waals surface area contributed by atoms with E-state index in [1.807, 2.05) is 0 Å². The first-order valence-electron chi connectivity index (χ1n) is 5.33. The van der Waals surface area contributed by atoms with Crippen LogP contribution < -0.4 is 10.3 Å². The minimum atomic E-state index is -3.14. The van der Waals surface area contributed by atoms with Crippen LogP contribution >= 0.6 is 11.6 Å². The van der Waals surface area contributed by atoms with Crippen molar-refractivity contribution in [3.05, 3.63) is 33.6 Å². The molecular weight excluding hydrogens is 304 g/mol. The van der Waals surface area contributed by atoms with Crippen LogP contribution in [0.15, 0.2) is 17.1 Å². The molecule has 2 aromatic heterocycles. The maximum Gasteiger partial charge on any atom is 0.277 e. The van der Waals surface area contributed by atoms with Crippen LogP contribution in [0.5, 0.6) is 5.88 Å². The molecule has 0 aliphatic heterocycles. The van der Waals surface area contributed by atoms with Crippen LogP contribution in [0, 0.1) is 5.82 Å². The molecule has 1 N–H and O–H groups in total. The maximum atomic E-state index is 13.7. The van der Waals surface area contributed by atoms with Crippen LogP contribution in [-0.2, 0) is 0 Å². The number of hydrogen-bond acceptors (Lipinski definition) is 3. The molecule has 1 unspecified atom stereocenters. The minimum absolute atomic E-state index is 0.254. The number of nitrogens with zero attached hydrogens (tertiary/aromatic N) is 1. The third kappa shape index (κ3) is 2.55. The molecule has 0 bridgehead atoms. The summed E-state index contributed by atoms with van der Waals surface area (Å²) in [5, 5.41) is -1.32. The van der Waals surface area contributed by atoms with Gasteiger partial charge in [-0.2, -0.15) is 4.98 Å². The van der Waals surface area contributed by atoms with Gasteiger partial charge >= 0.3 is 0 Å².